The Labute approximate surface area is 143 Å². The molecule has 8 heteroatoms. The molecule has 0 saturated carbocycles. The molecule has 1 aliphatic heterocycles. The van der Waals surface area contributed by atoms with Crippen LogP contribution in [0.15, 0.2) is 35.1 Å². The van der Waals surface area contributed by atoms with Gasteiger partial charge in [-0.3, -0.25) is 4.79 Å². The minimum Gasteiger partial charge on any atom is -0.423 e. The summed E-state index contributed by atoms with van der Waals surface area (Å²) in [5.41, 5.74) is 2.05. The topological polar surface area (TPSA) is 67.4 Å². The van der Waals surface area contributed by atoms with Crippen LogP contribution in [0.4, 0.5) is 6.01 Å². The number of rotatable bonds is 2. The number of anilines is 1. The van der Waals surface area contributed by atoms with Gasteiger partial charge >= 0.3 is 0 Å². The number of oxazole rings is 1. The van der Waals surface area contributed by atoms with Crippen molar-refractivity contribution in [1.29, 1.82) is 0 Å². The van der Waals surface area contributed by atoms with Crippen LogP contribution in [-0.2, 0) is 7.05 Å². The van der Waals surface area contributed by atoms with E-state index in [0.717, 1.165) is 5.52 Å². The van der Waals surface area contributed by atoms with E-state index < -0.39 is 0 Å². The minimum atomic E-state index is -0.000929. The summed E-state index contributed by atoms with van der Waals surface area (Å²) >= 11 is 5.98. The first kappa shape index (κ1) is 15.0. The van der Waals surface area contributed by atoms with E-state index in [1.54, 1.807) is 29.2 Å². The summed E-state index contributed by atoms with van der Waals surface area (Å²) in [6, 6.07) is 5.96. The fourth-order valence-corrected chi connectivity index (χ4v) is 3.01. The summed E-state index contributed by atoms with van der Waals surface area (Å²) in [4.78, 5) is 24.9. The summed E-state index contributed by atoms with van der Waals surface area (Å²) in [5, 5.41) is 0.622. The minimum absolute atomic E-state index is 0.000929. The zero-order chi connectivity index (χ0) is 16.7. The molecule has 1 saturated heterocycles. The van der Waals surface area contributed by atoms with Crippen molar-refractivity contribution in [3.05, 3.63) is 41.4 Å². The number of hydrogen-bond acceptors (Lipinski definition) is 5. The van der Waals surface area contributed by atoms with Gasteiger partial charge in [0.2, 0.25) is 0 Å². The lowest BCUT2D eigenvalue weighted by Gasteiger charge is -2.33. The van der Waals surface area contributed by atoms with E-state index in [1.807, 2.05) is 22.9 Å². The molecular formula is C16H16ClN5O2. The van der Waals surface area contributed by atoms with Gasteiger partial charge in [0.05, 0.1) is 12.5 Å². The number of hydrogen-bond donors (Lipinski definition) is 0. The molecule has 124 valence electrons. The number of halogens is 1. The lowest BCUT2D eigenvalue weighted by atomic mass is 10.3. The molecule has 0 N–H and O–H groups in total. The summed E-state index contributed by atoms with van der Waals surface area (Å²) in [5.74, 6) is -0.000929. The van der Waals surface area contributed by atoms with E-state index >= 15 is 0 Å². The third-order valence-electron chi connectivity index (χ3n) is 4.21. The highest BCUT2D eigenvalue weighted by Crippen LogP contribution is 2.25. The molecule has 0 atom stereocenters. The van der Waals surface area contributed by atoms with Crippen molar-refractivity contribution in [3.8, 4) is 0 Å². The van der Waals surface area contributed by atoms with Gasteiger partial charge < -0.3 is 18.8 Å². The Bertz CT molecular complexity index is 895. The van der Waals surface area contributed by atoms with Crippen LogP contribution < -0.4 is 4.90 Å². The first-order chi connectivity index (χ1) is 11.6. The Morgan fingerprint density at radius 3 is 2.75 bits per heavy atom. The molecule has 0 spiro atoms. The van der Waals surface area contributed by atoms with Crippen molar-refractivity contribution in [1.82, 2.24) is 19.4 Å². The number of amides is 1. The third-order valence-corrected chi connectivity index (χ3v) is 4.45. The second-order valence-electron chi connectivity index (χ2n) is 5.78. The number of fused-ring (bicyclic) bond motifs is 1. The van der Waals surface area contributed by atoms with E-state index in [0.29, 0.717) is 48.5 Å². The lowest BCUT2D eigenvalue weighted by molar-refractivity contribution is 0.0735. The Hall–Kier alpha value is -2.54. The van der Waals surface area contributed by atoms with Crippen molar-refractivity contribution in [3.63, 3.8) is 0 Å². The van der Waals surface area contributed by atoms with Crippen LogP contribution in [0.1, 0.15) is 10.5 Å². The molecular weight excluding hydrogens is 330 g/mol. The van der Waals surface area contributed by atoms with Gasteiger partial charge in [0.15, 0.2) is 5.58 Å². The molecule has 3 aromatic rings. The number of imidazole rings is 1. The van der Waals surface area contributed by atoms with Crippen LogP contribution in [0.2, 0.25) is 5.02 Å². The standard InChI is InChI=1S/C16H16ClN5O2/c1-20-10-18-9-13(20)15(23)21-4-6-22(7-5-21)16-19-12-3-2-11(17)8-14(12)24-16/h2-3,8-10H,4-7H2,1H3. The quantitative estimate of drug-likeness (QED) is 0.712. The van der Waals surface area contributed by atoms with Crippen molar-refractivity contribution >= 4 is 34.6 Å². The summed E-state index contributed by atoms with van der Waals surface area (Å²) < 4.78 is 7.52. The molecule has 24 heavy (non-hydrogen) atoms. The van der Waals surface area contributed by atoms with Crippen molar-refractivity contribution in [2.45, 2.75) is 0 Å². The normalized spacial score (nSPS) is 15.2. The highest BCUT2D eigenvalue weighted by molar-refractivity contribution is 6.31. The van der Waals surface area contributed by atoms with Gasteiger partial charge in [-0.15, -0.1) is 0 Å². The molecule has 3 heterocycles. The summed E-state index contributed by atoms with van der Waals surface area (Å²) in [6.07, 6.45) is 3.23. The number of nitrogens with zero attached hydrogens (tertiary/aromatic N) is 5. The molecule has 1 aliphatic rings. The fourth-order valence-electron chi connectivity index (χ4n) is 2.85. The average molecular weight is 346 g/mol. The Morgan fingerprint density at radius 1 is 1.25 bits per heavy atom. The van der Waals surface area contributed by atoms with Crippen LogP contribution in [0.3, 0.4) is 0 Å². The highest BCUT2D eigenvalue weighted by atomic mass is 35.5. The van der Waals surface area contributed by atoms with Crippen molar-refractivity contribution < 1.29 is 9.21 Å². The van der Waals surface area contributed by atoms with Gasteiger partial charge in [0.25, 0.3) is 11.9 Å². The first-order valence-electron chi connectivity index (χ1n) is 7.68. The van der Waals surface area contributed by atoms with E-state index in [4.69, 9.17) is 16.0 Å². The number of piperazine rings is 1. The zero-order valence-corrected chi connectivity index (χ0v) is 13.9. The SMILES string of the molecule is Cn1cncc1C(=O)N1CCN(c2nc3ccc(Cl)cc3o2)CC1. The molecule has 1 fully saturated rings. The molecule has 0 bridgehead atoms. The number of carbonyl (C=O) groups excluding carboxylic acids is 1. The van der Waals surface area contributed by atoms with E-state index in [2.05, 4.69) is 9.97 Å². The van der Waals surface area contributed by atoms with Gasteiger partial charge in [-0.05, 0) is 12.1 Å². The van der Waals surface area contributed by atoms with Crippen LogP contribution in [0, 0.1) is 0 Å². The molecule has 4 rings (SSSR count). The van der Waals surface area contributed by atoms with Gasteiger partial charge in [-0.1, -0.05) is 11.6 Å². The highest BCUT2D eigenvalue weighted by Gasteiger charge is 2.26. The summed E-state index contributed by atoms with van der Waals surface area (Å²) in [7, 11) is 1.82. The number of aromatic nitrogens is 3. The second-order valence-corrected chi connectivity index (χ2v) is 6.21. The van der Waals surface area contributed by atoms with Gasteiger partial charge in [0.1, 0.15) is 11.2 Å². The van der Waals surface area contributed by atoms with E-state index in [-0.39, 0.29) is 5.91 Å². The average Bonchev–Trinajstić information content (AvgIpc) is 3.20. The molecule has 7 nitrogen and oxygen atoms in total. The predicted octanol–water partition coefficient (Wildman–Crippen LogP) is 2.18. The molecule has 0 aliphatic carbocycles. The Balaban J connectivity index is 1.47. The second kappa shape index (κ2) is 5.83. The lowest BCUT2D eigenvalue weighted by Crippen LogP contribution is -2.49. The number of benzene rings is 1. The van der Waals surface area contributed by atoms with Gasteiger partial charge in [-0.2, -0.15) is 4.98 Å². The Morgan fingerprint density at radius 2 is 2.04 bits per heavy atom. The molecule has 0 unspecified atom stereocenters. The van der Waals surface area contributed by atoms with Crippen molar-refractivity contribution in [2.75, 3.05) is 31.1 Å². The van der Waals surface area contributed by atoms with Crippen LogP contribution in [0.5, 0.6) is 0 Å². The molecule has 2 aromatic heterocycles. The van der Waals surface area contributed by atoms with Crippen LogP contribution >= 0.6 is 11.6 Å². The third kappa shape index (κ3) is 2.60. The first-order valence-corrected chi connectivity index (χ1v) is 8.06. The van der Waals surface area contributed by atoms with E-state index in [1.165, 1.54) is 0 Å². The Kier molecular flexibility index (Phi) is 3.65. The van der Waals surface area contributed by atoms with Gasteiger partial charge in [-0.25, -0.2) is 4.98 Å². The van der Waals surface area contributed by atoms with Crippen LogP contribution in [-0.4, -0.2) is 51.5 Å². The predicted molar refractivity (Wildman–Crippen MR) is 90.3 cm³/mol. The smallest absolute Gasteiger partial charge is 0.298 e. The summed E-state index contributed by atoms with van der Waals surface area (Å²) in [6.45, 7) is 2.57. The molecule has 1 amide bonds. The maximum absolute atomic E-state index is 12.5. The number of carbonyl (C=O) groups is 1. The zero-order valence-electron chi connectivity index (χ0n) is 13.1. The fraction of sp³-hybridized carbons (Fsp3) is 0.312. The van der Waals surface area contributed by atoms with Gasteiger partial charge in [0, 0.05) is 44.3 Å². The molecule has 0 radical (unpaired) electrons. The van der Waals surface area contributed by atoms with Crippen LogP contribution in [0.25, 0.3) is 11.1 Å². The maximum atomic E-state index is 12.5. The van der Waals surface area contributed by atoms with E-state index in [9.17, 15) is 4.79 Å². The van der Waals surface area contributed by atoms with Crippen molar-refractivity contribution in [2.24, 2.45) is 7.05 Å². The monoisotopic (exact) mass is 345 g/mol. The molecule has 1 aromatic carbocycles. The largest absolute Gasteiger partial charge is 0.423 e. The number of aryl methyl sites for hydroxylation is 1. The maximum Gasteiger partial charge on any atom is 0.298 e.